The third-order valence-electron chi connectivity index (χ3n) is 3.41. The highest BCUT2D eigenvalue weighted by Crippen LogP contribution is 2.34. The fourth-order valence-corrected chi connectivity index (χ4v) is 2.41. The largest absolute Gasteiger partial charge is 0.501 e. The Morgan fingerprint density at radius 3 is 2.86 bits per heavy atom. The van der Waals surface area contributed by atoms with Crippen LogP contribution in [0.1, 0.15) is 39.0 Å². The van der Waals surface area contributed by atoms with Gasteiger partial charge in [-0.15, -0.1) is 0 Å². The van der Waals surface area contributed by atoms with Gasteiger partial charge in [0.15, 0.2) is 0 Å². The maximum Gasteiger partial charge on any atom is 0.0876 e. The Labute approximate surface area is 86.7 Å². The highest BCUT2D eigenvalue weighted by Gasteiger charge is 2.29. The molecule has 0 aromatic carbocycles. The Balaban J connectivity index is 1.96. The monoisotopic (exact) mass is 195 g/mol. The van der Waals surface area contributed by atoms with Gasteiger partial charge in [0, 0.05) is 6.04 Å². The molecule has 0 saturated heterocycles. The van der Waals surface area contributed by atoms with Crippen molar-refractivity contribution in [1.29, 1.82) is 0 Å². The van der Waals surface area contributed by atoms with Gasteiger partial charge in [-0.3, -0.25) is 0 Å². The van der Waals surface area contributed by atoms with E-state index in [2.05, 4.69) is 12.2 Å². The van der Waals surface area contributed by atoms with Crippen molar-refractivity contribution in [1.82, 2.24) is 5.32 Å². The predicted octanol–water partition coefficient (Wildman–Crippen LogP) is 2.46. The fraction of sp³-hybridized carbons (Fsp3) is 0.833. The van der Waals surface area contributed by atoms with E-state index in [1.165, 1.54) is 37.7 Å². The SMILES string of the molecule is CCNC(C1=COCCC1)C1CCC1. The summed E-state index contributed by atoms with van der Waals surface area (Å²) in [5.41, 5.74) is 1.50. The minimum atomic E-state index is 0.606. The van der Waals surface area contributed by atoms with E-state index < -0.39 is 0 Å². The van der Waals surface area contributed by atoms with Gasteiger partial charge in [0.2, 0.25) is 0 Å². The summed E-state index contributed by atoms with van der Waals surface area (Å²) in [5.74, 6) is 0.878. The van der Waals surface area contributed by atoms with Gasteiger partial charge in [0.05, 0.1) is 12.9 Å². The van der Waals surface area contributed by atoms with Crippen LogP contribution in [0.15, 0.2) is 11.8 Å². The third kappa shape index (κ3) is 2.11. The molecule has 1 aliphatic heterocycles. The van der Waals surface area contributed by atoms with Gasteiger partial charge in [-0.05, 0) is 43.7 Å². The van der Waals surface area contributed by atoms with E-state index in [-0.39, 0.29) is 0 Å². The molecule has 1 N–H and O–H groups in total. The molecule has 14 heavy (non-hydrogen) atoms. The van der Waals surface area contributed by atoms with E-state index in [9.17, 15) is 0 Å². The van der Waals surface area contributed by atoms with Gasteiger partial charge in [-0.25, -0.2) is 0 Å². The first kappa shape index (κ1) is 10.0. The molecule has 2 aliphatic rings. The van der Waals surface area contributed by atoms with Gasteiger partial charge in [0.25, 0.3) is 0 Å². The van der Waals surface area contributed by atoms with Crippen LogP contribution in [-0.2, 0) is 4.74 Å². The normalized spacial score (nSPS) is 24.8. The topological polar surface area (TPSA) is 21.3 Å². The maximum absolute atomic E-state index is 5.43. The fourth-order valence-electron chi connectivity index (χ4n) is 2.41. The number of rotatable bonds is 4. The molecular formula is C12H21NO. The first-order chi connectivity index (χ1) is 6.92. The number of ether oxygens (including phenoxy) is 1. The smallest absolute Gasteiger partial charge is 0.0876 e. The molecule has 1 saturated carbocycles. The van der Waals surface area contributed by atoms with Crippen molar-refractivity contribution in [2.75, 3.05) is 13.2 Å². The van der Waals surface area contributed by atoms with E-state index in [1.54, 1.807) is 0 Å². The van der Waals surface area contributed by atoms with Crippen molar-refractivity contribution < 1.29 is 4.74 Å². The molecule has 0 radical (unpaired) electrons. The standard InChI is InChI=1S/C12H21NO/c1-2-13-12(10-5-3-6-10)11-7-4-8-14-9-11/h9-10,12-13H,2-8H2,1H3. The lowest BCUT2D eigenvalue weighted by Gasteiger charge is -2.36. The molecular weight excluding hydrogens is 174 g/mol. The Morgan fingerprint density at radius 1 is 1.50 bits per heavy atom. The lowest BCUT2D eigenvalue weighted by atomic mass is 9.76. The van der Waals surface area contributed by atoms with Crippen molar-refractivity contribution in [2.45, 2.75) is 45.1 Å². The molecule has 1 atom stereocenters. The Morgan fingerprint density at radius 2 is 2.36 bits per heavy atom. The van der Waals surface area contributed by atoms with Crippen LogP contribution < -0.4 is 5.32 Å². The van der Waals surface area contributed by atoms with Gasteiger partial charge < -0.3 is 10.1 Å². The average Bonchev–Trinajstić information content (AvgIpc) is 2.16. The molecule has 1 fully saturated rings. The predicted molar refractivity (Wildman–Crippen MR) is 58.1 cm³/mol. The summed E-state index contributed by atoms with van der Waals surface area (Å²) in [6, 6.07) is 0.606. The van der Waals surface area contributed by atoms with Crippen molar-refractivity contribution in [3.8, 4) is 0 Å². The summed E-state index contributed by atoms with van der Waals surface area (Å²) in [4.78, 5) is 0. The van der Waals surface area contributed by atoms with E-state index in [0.717, 1.165) is 19.1 Å². The van der Waals surface area contributed by atoms with Crippen molar-refractivity contribution in [3.63, 3.8) is 0 Å². The molecule has 1 aliphatic carbocycles. The van der Waals surface area contributed by atoms with Gasteiger partial charge >= 0.3 is 0 Å². The zero-order valence-corrected chi connectivity index (χ0v) is 9.09. The van der Waals surface area contributed by atoms with Crippen LogP contribution in [0.25, 0.3) is 0 Å². The van der Waals surface area contributed by atoms with Crippen LogP contribution >= 0.6 is 0 Å². The molecule has 2 nitrogen and oxygen atoms in total. The molecule has 0 bridgehead atoms. The summed E-state index contributed by atoms with van der Waals surface area (Å²) in [6.45, 7) is 4.17. The Bertz CT molecular complexity index is 208. The second-order valence-corrected chi connectivity index (χ2v) is 4.39. The molecule has 2 rings (SSSR count). The molecule has 2 heteroatoms. The number of hydrogen-bond acceptors (Lipinski definition) is 2. The van der Waals surface area contributed by atoms with Crippen LogP contribution in [0.5, 0.6) is 0 Å². The minimum absolute atomic E-state index is 0.606. The second-order valence-electron chi connectivity index (χ2n) is 4.39. The molecule has 0 aromatic heterocycles. The van der Waals surface area contributed by atoms with Gasteiger partial charge in [-0.2, -0.15) is 0 Å². The number of likely N-dealkylation sites (N-methyl/N-ethyl adjacent to an activating group) is 1. The van der Waals surface area contributed by atoms with E-state index in [4.69, 9.17) is 4.74 Å². The quantitative estimate of drug-likeness (QED) is 0.744. The first-order valence-electron chi connectivity index (χ1n) is 5.95. The second kappa shape index (κ2) is 4.83. The summed E-state index contributed by atoms with van der Waals surface area (Å²) in [5, 5.41) is 3.61. The first-order valence-corrected chi connectivity index (χ1v) is 5.95. The molecule has 0 amide bonds. The van der Waals surface area contributed by atoms with Crippen molar-refractivity contribution in [3.05, 3.63) is 11.8 Å². The van der Waals surface area contributed by atoms with Crippen molar-refractivity contribution >= 4 is 0 Å². The summed E-state index contributed by atoms with van der Waals surface area (Å²) >= 11 is 0. The highest BCUT2D eigenvalue weighted by molar-refractivity contribution is 5.13. The van der Waals surface area contributed by atoms with Gasteiger partial charge in [-0.1, -0.05) is 13.3 Å². The van der Waals surface area contributed by atoms with Crippen molar-refractivity contribution in [2.24, 2.45) is 5.92 Å². The lowest BCUT2D eigenvalue weighted by molar-refractivity contribution is 0.197. The molecule has 1 heterocycles. The van der Waals surface area contributed by atoms with Crippen LogP contribution in [0.4, 0.5) is 0 Å². The summed E-state index contributed by atoms with van der Waals surface area (Å²) in [6.07, 6.45) is 8.65. The molecule has 1 unspecified atom stereocenters. The maximum atomic E-state index is 5.43. The zero-order chi connectivity index (χ0) is 9.80. The third-order valence-corrected chi connectivity index (χ3v) is 3.41. The zero-order valence-electron chi connectivity index (χ0n) is 9.09. The lowest BCUT2D eigenvalue weighted by Crippen LogP contribution is -2.41. The average molecular weight is 195 g/mol. The van der Waals surface area contributed by atoms with Gasteiger partial charge in [0.1, 0.15) is 0 Å². The molecule has 80 valence electrons. The molecule has 0 aromatic rings. The van der Waals surface area contributed by atoms with Crippen LogP contribution in [0.2, 0.25) is 0 Å². The number of hydrogen-bond donors (Lipinski definition) is 1. The van der Waals surface area contributed by atoms with E-state index in [1.807, 2.05) is 6.26 Å². The summed E-state index contributed by atoms with van der Waals surface area (Å²) < 4.78 is 5.43. The van der Waals surface area contributed by atoms with E-state index >= 15 is 0 Å². The van der Waals surface area contributed by atoms with Crippen LogP contribution in [0, 0.1) is 5.92 Å². The molecule has 0 spiro atoms. The Hall–Kier alpha value is -0.500. The van der Waals surface area contributed by atoms with E-state index in [0.29, 0.717) is 6.04 Å². The minimum Gasteiger partial charge on any atom is -0.501 e. The van der Waals surface area contributed by atoms with Crippen LogP contribution in [0.3, 0.4) is 0 Å². The van der Waals surface area contributed by atoms with Crippen LogP contribution in [-0.4, -0.2) is 19.2 Å². The number of nitrogens with one attached hydrogen (secondary N) is 1. The highest BCUT2D eigenvalue weighted by atomic mass is 16.5. The summed E-state index contributed by atoms with van der Waals surface area (Å²) in [7, 11) is 0. The Kier molecular flexibility index (Phi) is 3.46.